The van der Waals surface area contributed by atoms with Gasteiger partial charge in [-0.25, -0.2) is 8.78 Å². The van der Waals surface area contributed by atoms with Gasteiger partial charge in [-0.05, 0) is 30.0 Å². The zero-order chi connectivity index (χ0) is 13.8. The molecule has 1 aliphatic rings. The van der Waals surface area contributed by atoms with Crippen molar-refractivity contribution >= 4 is 24.8 Å². The highest BCUT2D eigenvalue weighted by molar-refractivity contribution is 5.85. The van der Waals surface area contributed by atoms with Gasteiger partial charge in [0.05, 0.1) is 0 Å². The third kappa shape index (κ3) is 5.70. The highest BCUT2D eigenvalue weighted by Crippen LogP contribution is 2.29. The minimum absolute atomic E-state index is 0. The molecular weight excluding hydrogens is 317 g/mol. The molecule has 2 nitrogen and oxygen atoms in total. The zero-order valence-electron chi connectivity index (χ0n) is 12.4. The van der Waals surface area contributed by atoms with Crippen LogP contribution in [0, 0.1) is 17.6 Å². The van der Waals surface area contributed by atoms with E-state index >= 15 is 0 Å². The van der Waals surface area contributed by atoms with Crippen molar-refractivity contribution in [1.29, 1.82) is 0 Å². The van der Waals surface area contributed by atoms with E-state index in [1.165, 1.54) is 12.1 Å². The summed E-state index contributed by atoms with van der Waals surface area (Å²) in [7, 11) is 0. The highest BCUT2D eigenvalue weighted by atomic mass is 35.5. The van der Waals surface area contributed by atoms with Crippen molar-refractivity contribution in [1.82, 2.24) is 10.2 Å². The van der Waals surface area contributed by atoms with Crippen LogP contribution in [0.15, 0.2) is 18.2 Å². The molecule has 122 valence electrons. The predicted octanol–water partition coefficient (Wildman–Crippen LogP) is 3.80. The normalized spacial score (nSPS) is 17.0. The van der Waals surface area contributed by atoms with Gasteiger partial charge in [0, 0.05) is 32.2 Å². The summed E-state index contributed by atoms with van der Waals surface area (Å²) in [6, 6.07) is 4.48. The molecule has 1 aliphatic heterocycles. The zero-order valence-corrected chi connectivity index (χ0v) is 14.1. The largest absolute Gasteiger partial charge is 0.314 e. The molecule has 6 heteroatoms. The number of nitrogens with one attached hydrogen (secondary N) is 1. The Hall–Kier alpha value is -0.420. The van der Waals surface area contributed by atoms with Gasteiger partial charge in [0.1, 0.15) is 0 Å². The third-order valence-electron chi connectivity index (χ3n) is 3.62. The van der Waals surface area contributed by atoms with Gasteiger partial charge >= 0.3 is 0 Å². The number of hydrogen-bond acceptors (Lipinski definition) is 2. The second kappa shape index (κ2) is 9.57. The SMILES string of the molecule is CC(C)C[C@@H](c1ccc(F)c(F)c1)N1CCNCC1.Cl.Cl. The van der Waals surface area contributed by atoms with Crippen molar-refractivity contribution in [2.24, 2.45) is 5.92 Å². The van der Waals surface area contributed by atoms with Gasteiger partial charge in [0.2, 0.25) is 0 Å². The molecule has 0 aliphatic carbocycles. The van der Waals surface area contributed by atoms with Crippen LogP contribution in [-0.2, 0) is 0 Å². The molecule has 1 saturated heterocycles. The molecule has 0 unspecified atom stereocenters. The smallest absolute Gasteiger partial charge is 0.159 e. The van der Waals surface area contributed by atoms with Crippen molar-refractivity contribution in [3.05, 3.63) is 35.4 Å². The molecule has 1 heterocycles. The molecule has 1 N–H and O–H groups in total. The topological polar surface area (TPSA) is 15.3 Å². The van der Waals surface area contributed by atoms with E-state index < -0.39 is 11.6 Å². The summed E-state index contributed by atoms with van der Waals surface area (Å²) in [6.07, 6.45) is 0.963. The van der Waals surface area contributed by atoms with E-state index in [2.05, 4.69) is 24.1 Å². The first kappa shape index (κ1) is 20.6. The average Bonchev–Trinajstić information content (AvgIpc) is 2.40. The highest BCUT2D eigenvalue weighted by Gasteiger charge is 2.23. The summed E-state index contributed by atoms with van der Waals surface area (Å²) in [6.45, 7) is 8.15. The van der Waals surface area contributed by atoms with E-state index in [9.17, 15) is 8.78 Å². The monoisotopic (exact) mass is 340 g/mol. The van der Waals surface area contributed by atoms with Crippen molar-refractivity contribution < 1.29 is 8.78 Å². The second-order valence-electron chi connectivity index (χ2n) is 5.60. The molecule has 0 bridgehead atoms. The van der Waals surface area contributed by atoms with Crippen molar-refractivity contribution in [2.75, 3.05) is 26.2 Å². The van der Waals surface area contributed by atoms with Crippen molar-refractivity contribution in [3.8, 4) is 0 Å². The van der Waals surface area contributed by atoms with Crippen LogP contribution in [0.3, 0.4) is 0 Å². The van der Waals surface area contributed by atoms with E-state index in [-0.39, 0.29) is 30.9 Å². The number of halogens is 4. The van der Waals surface area contributed by atoms with E-state index in [4.69, 9.17) is 0 Å². The lowest BCUT2D eigenvalue weighted by Crippen LogP contribution is -2.45. The summed E-state index contributed by atoms with van der Waals surface area (Å²) in [4.78, 5) is 2.36. The van der Waals surface area contributed by atoms with E-state index in [1.54, 1.807) is 6.07 Å². The summed E-state index contributed by atoms with van der Waals surface area (Å²) < 4.78 is 26.5. The van der Waals surface area contributed by atoms with Crippen LogP contribution >= 0.6 is 24.8 Å². The van der Waals surface area contributed by atoms with Crippen LogP contribution in [-0.4, -0.2) is 31.1 Å². The second-order valence-corrected chi connectivity index (χ2v) is 5.60. The summed E-state index contributed by atoms with van der Waals surface area (Å²) in [5, 5.41) is 3.32. The van der Waals surface area contributed by atoms with Crippen LogP contribution in [0.4, 0.5) is 8.78 Å². The Kier molecular flexibility index (Phi) is 9.38. The molecule has 1 fully saturated rings. The number of piperazine rings is 1. The van der Waals surface area contributed by atoms with Gasteiger partial charge in [0.25, 0.3) is 0 Å². The minimum atomic E-state index is -0.771. The fraction of sp³-hybridized carbons (Fsp3) is 0.600. The Balaban J connectivity index is 0.00000200. The predicted molar refractivity (Wildman–Crippen MR) is 87.5 cm³/mol. The van der Waals surface area contributed by atoms with Gasteiger partial charge < -0.3 is 5.32 Å². The number of hydrogen-bond donors (Lipinski definition) is 1. The molecule has 2 rings (SSSR count). The van der Waals surface area contributed by atoms with Gasteiger partial charge in [-0.2, -0.15) is 0 Å². The van der Waals surface area contributed by atoms with Gasteiger partial charge in [-0.1, -0.05) is 19.9 Å². The van der Waals surface area contributed by atoms with Crippen LogP contribution in [0.1, 0.15) is 31.9 Å². The van der Waals surface area contributed by atoms with Crippen molar-refractivity contribution in [2.45, 2.75) is 26.3 Å². The summed E-state index contributed by atoms with van der Waals surface area (Å²) in [5.74, 6) is -0.998. The Labute approximate surface area is 138 Å². The van der Waals surface area contributed by atoms with E-state index in [0.29, 0.717) is 5.92 Å². The molecule has 1 aromatic rings. The maximum atomic E-state index is 13.4. The lowest BCUT2D eigenvalue weighted by Gasteiger charge is -2.36. The first-order valence-corrected chi connectivity index (χ1v) is 6.97. The number of nitrogens with zero attached hydrogens (tertiary/aromatic N) is 1. The lowest BCUT2D eigenvalue weighted by atomic mass is 9.95. The van der Waals surface area contributed by atoms with Crippen LogP contribution < -0.4 is 5.32 Å². The van der Waals surface area contributed by atoms with Crippen LogP contribution in [0.5, 0.6) is 0 Å². The third-order valence-corrected chi connectivity index (χ3v) is 3.62. The minimum Gasteiger partial charge on any atom is -0.314 e. The van der Waals surface area contributed by atoms with Crippen LogP contribution in [0.2, 0.25) is 0 Å². The quantitative estimate of drug-likeness (QED) is 0.896. The molecule has 0 amide bonds. The Bertz CT molecular complexity index is 424. The Morgan fingerprint density at radius 3 is 2.24 bits per heavy atom. The van der Waals surface area contributed by atoms with Crippen molar-refractivity contribution in [3.63, 3.8) is 0 Å². The molecule has 0 spiro atoms. The summed E-state index contributed by atoms with van der Waals surface area (Å²) >= 11 is 0. The number of rotatable bonds is 4. The average molecular weight is 341 g/mol. The fourth-order valence-electron chi connectivity index (χ4n) is 2.66. The Morgan fingerprint density at radius 2 is 1.71 bits per heavy atom. The Morgan fingerprint density at radius 1 is 1.10 bits per heavy atom. The molecule has 0 saturated carbocycles. The molecular formula is C15H24Cl2F2N2. The van der Waals surface area contributed by atoms with E-state index in [1.807, 2.05) is 0 Å². The molecule has 1 aromatic carbocycles. The first-order chi connectivity index (χ1) is 9.08. The standard InChI is InChI=1S/C15H22F2N2.2ClH/c1-11(2)9-15(19-7-5-18-6-8-19)12-3-4-13(16)14(17)10-12;;/h3-4,10-11,15,18H,5-9H2,1-2H3;2*1H/t15-;;/m0../s1. The fourth-order valence-corrected chi connectivity index (χ4v) is 2.66. The maximum absolute atomic E-state index is 13.4. The van der Waals surface area contributed by atoms with Gasteiger partial charge in [0.15, 0.2) is 11.6 Å². The van der Waals surface area contributed by atoms with Gasteiger partial charge in [-0.15, -0.1) is 24.8 Å². The molecule has 0 aromatic heterocycles. The first-order valence-electron chi connectivity index (χ1n) is 6.97. The van der Waals surface area contributed by atoms with E-state index in [0.717, 1.165) is 38.2 Å². The molecule has 0 radical (unpaired) electrons. The number of benzene rings is 1. The summed E-state index contributed by atoms with van der Waals surface area (Å²) in [5.41, 5.74) is 0.884. The maximum Gasteiger partial charge on any atom is 0.159 e. The van der Waals surface area contributed by atoms with Crippen LogP contribution in [0.25, 0.3) is 0 Å². The lowest BCUT2D eigenvalue weighted by molar-refractivity contribution is 0.153. The van der Waals surface area contributed by atoms with Gasteiger partial charge in [-0.3, -0.25) is 4.90 Å². The molecule has 1 atom stereocenters. The molecule has 21 heavy (non-hydrogen) atoms.